The number of hydrogen-bond donors (Lipinski definition) is 1. The van der Waals surface area contributed by atoms with E-state index in [1.807, 2.05) is 0 Å². The molecule has 0 radical (unpaired) electrons. The highest BCUT2D eigenvalue weighted by Crippen LogP contribution is 2.70. The summed E-state index contributed by atoms with van der Waals surface area (Å²) in [5.74, 6) is -5.89. The lowest BCUT2D eigenvalue weighted by Crippen LogP contribution is -2.36. The number of carbonyl (C=O) groups is 1. The Morgan fingerprint density at radius 1 is 0.404 bits per heavy atom. The van der Waals surface area contributed by atoms with Crippen LogP contribution in [0.5, 0.6) is 69.0 Å². The third kappa shape index (κ3) is 4.48. The van der Waals surface area contributed by atoms with Crippen molar-refractivity contribution in [3.8, 4) is 69.0 Å². The molecule has 6 aliphatic heterocycles. The molecule has 3 aromatic carbocycles. The maximum absolute atomic E-state index is 14.5. The maximum atomic E-state index is 14.5. The Hall–Kier alpha value is -5.11. The van der Waals surface area contributed by atoms with Crippen LogP contribution in [-0.4, -0.2) is 46.1 Å². The van der Waals surface area contributed by atoms with Crippen molar-refractivity contribution in [1.82, 2.24) is 0 Å². The summed E-state index contributed by atoms with van der Waals surface area (Å²) in [6, 6.07) is 3.30. The van der Waals surface area contributed by atoms with Gasteiger partial charge in [0, 0.05) is 95.2 Å². The number of aldehydes is 1. The minimum Gasteiger partial charge on any atom is -0.449 e. The van der Waals surface area contributed by atoms with Gasteiger partial charge in [-0.05, 0) is 0 Å². The van der Waals surface area contributed by atoms with E-state index in [0.29, 0.717) is 6.29 Å². The van der Waals surface area contributed by atoms with Crippen LogP contribution in [0.2, 0.25) is 0 Å². The van der Waals surface area contributed by atoms with E-state index in [9.17, 15) is 9.90 Å². The molecule has 14 heteroatoms. The van der Waals surface area contributed by atoms with E-state index in [1.54, 1.807) is 95.2 Å². The summed E-state index contributed by atoms with van der Waals surface area (Å²) in [5.41, 5.74) is -2.48. The molecule has 0 amide bonds. The topological polar surface area (TPSA) is 148 Å². The average Bonchev–Trinajstić information content (AvgIpc) is 3.77. The first-order valence-electron chi connectivity index (χ1n) is 17.1. The average molecular weight is 721 g/mol. The Balaban J connectivity index is 1.50. The molecule has 14 nitrogen and oxygen atoms in total. The zero-order valence-electron chi connectivity index (χ0n) is 31.0. The van der Waals surface area contributed by atoms with Gasteiger partial charge < -0.3 is 61.9 Å². The fourth-order valence-electron chi connectivity index (χ4n) is 7.60. The summed E-state index contributed by atoms with van der Waals surface area (Å²) in [7, 11) is 0. The van der Waals surface area contributed by atoms with Gasteiger partial charge in [-0.1, -0.05) is 0 Å². The van der Waals surface area contributed by atoms with E-state index < -0.39 is 40.3 Å². The lowest BCUT2D eigenvalue weighted by molar-refractivity contribution is -0.0542. The molecule has 3 aromatic rings. The van der Waals surface area contributed by atoms with Crippen molar-refractivity contribution in [2.75, 3.05) is 0 Å². The second-order valence-electron chi connectivity index (χ2n) is 16.4. The van der Waals surface area contributed by atoms with Crippen molar-refractivity contribution in [2.24, 2.45) is 0 Å². The van der Waals surface area contributed by atoms with Gasteiger partial charge in [-0.2, -0.15) is 0 Å². The predicted molar refractivity (Wildman–Crippen MR) is 179 cm³/mol. The highest BCUT2D eigenvalue weighted by molar-refractivity contribution is 5.91. The fourth-order valence-corrected chi connectivity index (χ4v) is 7.60. The normalized spacial score (nSPS) is 22.5. The first kappa shape index (κ1) is 32.8. The van der Waals surface area contributed by atoms with Crippen LogP contribution in [0.3, 0.4) is 0 Å². The number of carbonyl (C=O) groups excluding carboxylic acids is 1. The van der Waals surface area contributed by atoms with E-state index in [1.165, 1.54) is 0 Å². The van der Waals surface area contributed by atoms with Crippen LogP contribution < -0.4 is 56.8 Å². The third-order valence-electron chi connectivity index (χ3n) is 9.09. The lowest BCUT2D eigenvalue weighted by Gasteiger charge is -2.35. The van der Waals surface area contributed by atoms with Crippen LogP contribution in [0.25, 0.3) is 0 Å². The molecule has 6 heterocycles. The van der Waals surface area contributed by atoms with E-state index in [-0.39, 0.29) is 91.2 Å². The molecule has 1 N–H and O–H groups in total. The van der Waals surface area contributed by atoms with E-state index in [2.05, 4.69) is 0 Å². The first-order chi connectivity index (χ1) is 23.9. The first-order valence-corrected chi connectivity index (χ1v) is 17.1. The molecule has 0 spiro atoms. The zero-order valence-corrected chi connectivity index (χ0v) is 31.0. The molecule has 0 aromatic heterocycles. The smallest absolute Gasteiger partial charge is 0.246 e. The minimum atomic E-state index is -2.53. The van der Waals surface area contributed by atoms with Crippen LogP contribution >= 0.6 is 0 Å². The molecule has 276 valence electrons. The monoisotopic (exact) mass is 720 g/mol. The number of fused-ring (bicyclic) bond motifs is 6. The van der Waals surface area contributed by atoms with Crippen molar-refractivity contribution in [3.63, 3.8) is 0 Å². The Labute approximate surface area is 299 Å². The summed E-state index contributed by atoms with van der Waals surface area (Å²) in [4.78, 5) is 12.9. The van der Waals surface area contributed by atoms with Crippen LogP contribution in [-0.2, 0) is 5.60 Å². The van der Waals surface area contributed by atoms with Crippen LogP contribution in [0.15, 0.2) is 12.1 Å². The van der Waals surface area contributed by atoms with Crippen molar-refractivity contribution in [1.29, 1.82) is 0 Å². The van der Waals surface area contributed by atoms with Gasteiger partial charge in [0.15, 0.2) is 80.9 Å². The molecule has 0 aliphatic carbocycles. The van der Waals surface area contributed by atoms with Gasteiger partial charge in [0.1, 0.15) is 5.56 Å². The van der Waals surface area contributed by atoms with Gasteiger partial charge in [0.25, 0.3) is 0 Å². The van der Waals surface area contributed by atoms with Gasteiger partial charge in [-0.3, -0.25) is 4.79 Å². The molecule has 0 atom stereocenters. The molecule has 52 heavy (non-hydrogen) atoms. The van der Waals surface area contributed by atoms with E-state index in [0.717, 1.165) is 0 Å². The van der Waals surface area contributed by atoms with Crippen molar-refractivity contribution in [2.45, 2.75) is 123 Å². The maximum Gasteiger partial charge on any atom is 0.246 e. The predicted octanol–water partition coefficient (Wildman–Crippen LogP) is 6.83. The lowest BCUT2D eigenvalue weighted by atomic mass is 9.76. The molecule has 0 saturated heterocycles. The fraction of sp³-hybridized carbons (Fsp3) is 0.500. The summed E-state index contributed by atoms with van der Waals surface area (Å²) in [6.07, 6.45) is 0.601. The molecule has 0 fully saturated rings. The molecule has 9 rings (SSSR count). The highest BCUT2D eigenvalue weighted by Gasteiger charge is 2.60. The standard InChI is InChI=1S/C38H40O14/c1-32(2)41-17-13-18-27(48-33(3,4)42-18)21(26(17)47-32)38(40,22-28-19(43-34(5,6)49-28)14-20-29(22)50-35(7,8)44-20)23-30-24(45-36(9,10)51-30)16(15-39)25-31(23)52-37(11,12)46-25/h13-15,40H,1-12H3. The Kier molecular flexibility index (Phi) is 5.84. The van der Waals surface area contributed by atoms with Crippen molar-refractivity contribution >= 4 is 6.29 Å². The summed E-state index contributed by atoms with van der Waals surface area (Å²) in [6.45, 7) is 20.6. The molecular formula is C38H40O14. The van der Waals surface area contributed by atoms with Crippen LogP contribution in [0.4, 0.5) is 0 Å². The van der Waals surface area contributed by atoms with Gasteiger partial charge in [-0.15, -0.1) is 0 Å². The zero-order chi connectivity index (χ0) is 37.3. The molecule has 0 bridgehead atoms. The molecule has 0 saturated carbocycles. The van der Waals surface area contributed by atoms with Gasteiger partial charge in [0.2, 0.25) is 34.7 Å². The molecular weight excluding hydrogens is 680 g/mol. The second kappa shape index (κ2) is 9.27. The van der Waals surface area contributed by atoms with Gasteiger partial charge >= 0.3 is 0 Å². The van der Waals surface area contributed by atoms with Crippen LogP contribution in [0.1, 0.15) is 110 Å². The summed E-state index contributed by atoms with van der Waals surface area (Å²) < 4.78 is 77.0. The molecule has 0 unspecified atom stereocenters. The number of aliphatic hydroxyl groups is 1. The van der Waals surface area contributed by atoms with Gasteiger partial charge in [-0.25, -0.2) is 0 Å². The summed E-state index contributed by atoms with van der Waals surface area (Å²) in [5, 5.41) is 14.5. The Morgan fingerprint density at radius 2 is 0.635 bits per heavy atom. The number of ether oxygens (including phenoxy) is 12. The van der Waals surface area contributed by atoms with E-state index in [4.69, 9.17) is 56.8 Å². The van der Waals surface area contributed by atoms with Crippen molar-refractivity contribution < 1.29 is 66.7 Å². The minimum absolute atomic E-state index is 0.0138. The van der Waals surface area contributed by atoms with Gasteiger partial charge in [0.05, 0.1) is 16.7 Å². The molecule has 6 aliphatic rings. The Morgan fingerprint density at radius 3 is 0.923 bits per heavy atom. The number of benzene rings is 3. The third-order valence-corrected chi connectivity index (χ3v) is 9.09. The highest BCUT2D eigenvalue weighted by atomic mass is 16.8. The Bertz CT molecular complexity index is 1930. The SMILES string of the molecule is CC1(C)Oc2cc3c(c(C(O)(c4c5c(cc6c4OC(C)(C)O6)OC(C)(C)O5)c4c5c(c(C=O)c6c4OC(C)(C)O6)OC(C)(C)O5)c2O1)OC(C)(C)O3. The van der Waals surface area contributed by atoms with E-state index >= 15 is 0 Å². The van der Waals surface area contributed by atoms with Crippen LogP contribution in [0, 0.1) is 0 Å². The van der Waals surface area contributed by atoms with Crippen molar-refractivity contribution in [3.05, 3.63) is 34.4 Å². The summed E-state index contributed by atoms with van der Waals surface area (Å²) >= 11 is 0. The number of rotatable bonds is 4. The largest absolute Gasteiger partial charge is 0.449 e. The second-order valence-corrected chi connectivity index (χ2v) is 16.4. The quantitative estimate of drug-likeness (QED) is 0.222. The number of hydrogen-bond acceptors (Lipinski definition) is 14.